The number of rotatable bonds is 9. The van der Waals surface area contributed by atoms with Crippen molar-refractivity contribution in [1.29, 1.82) is 0 Å². The van der Waals surface area contributed by atoms with E-state index in [1.54, 1.807) is 0 Å². The zero-order valence-electron chi connectivity index (χ0n) is 18.9. The molecule has 4 heterocycles. The molecule has 1 N–H and O–H groups in total. The number of unbranched alkanes of at least 4 members (excludes halogenated alkanes) is 1. The third kappa shape index (κ3) is 4.08. The number of nitrogens with one attached hydrogen (secondary N) is 1. The summed E-state index contributed by atoms with van der Waals surface area (Å²) in [7, 11) is 0. The summed E-state index contributed by atoms with van der Waals surface area (Å²) in [4.78, 5) is 27.7. The first-order chi connectivity index (χ1) is 15.1. The molecular formula is C23H32N6O2. The van der Waals surface area contributed by atoms with E-state index in [0.717, 1.165) is 62.1 Å². The highest BCUT2D eigenvalue weighted by atomic mass is 16.5. The molecule has 1 saturated heterocycles. The number of hydrogen-bond donors (Lipinski definition) is 1. The standard InChI is InChI=1S/C23H32N6O2/c1-5-9-10-31-23-17(11-15(6-2)12-24-23)21-25-19-18(7-3)29(16-13-28(8-4)14-16)27-20(19)22(30)26-21/h11-12,16H,5-10,13-14H2,1-4H3,(H,25,26,30). The second-order valence-electron chi connectivity index (χ2n) is 8.11. The lowest BCUT2D eigenvalue weighted by Gasteiger charge is -2.39. The molecule has 0 spiro atoms. The number of H-pyrrole nitrogens is 1. The van der Waals surface area contributed by atoms with Gasteiger partial charge in [0.05, 0.1) is 23.9 Å². The van der Waals surface area contributed by atoms with E-state index in [9.17, 15) is 4.79 Å². The van der Waals surface area contributed by atoms with Crippen molar-refractivity contribution in [1.82, 2.24) is 29.6 Å². The van der Waals surface area contributed by atoms with Crippen LogP contribution < -0.4 is 10.3 Å². The zero-order chi connectivity index (χ0) is 22.0. The first-order valence-electron chi connectivity index (χ1n) is 11.4. The Morgan fingerprint density at radius 1 is 1.16 bits per heavy atom. The smallest absolute Gasteiger partial charge is 0.279 e. The molecule has 8 nitrogen and oxygen atoms in total. The van der Waals surface area contributed by atoms with Gasteiger partial charge in [-0.1, -0.05) is 34.1 Å². The zero-order valence-corrected chi connectivity index (χ0v) is 18.9. The van der Waals surface area contributed by atoms with Crippen molar-refractivity contribution in [3.63, 3.8) is 0 Å². The maximum absolute atomic E-state index is 13.0. The Hall–Kier alpha value is -2.74. The molecule has 1 aliphatic rings. The minimum absolute atomic E-state index is 0.221. The average Bonchev–Trinajstić information content (AvgIpc) is 3.12. The highest BCUT2D eigenvalue weighted by Gasteiger charge is 2.30. The molecule has 8 heteroatoms. The summed E-state index contributed by atoms with van der Waals surface area (Å²) < 4.78 is 7.95. The summed E-state index contributed by atoms with van der Waals surface area (Å²) in [5.74, 6) is 1.00. The van der Waals surface area contributed by atoms with Gasteiger partial charge in [0, 0.05) is 19.3 Å². The van der Waals surface area contributed by atoms with E-state index < -0.39 is 0 Å². The number of aryl methyl sites for hydroxylation is 2. The van der Waals surface area contributed by atoms with Crippen molar-refractivity contribution in [3.05, 3.63) is 33.9 Å². The highest BCUT2D eigenvalue weighted by molar-refractivity contribution is 5.79. The molecule has 4 rings (SSSR count). The summed E-state index contributed by atoms with van der Waals surface area (Å²) in [6.45, 7) is 12.0. The minimum atomic E-state index is -0.221. The van der Waals surface area contributed by atoms with Crippen LogP contribution in [0.25, 0.3) is 22.4 Å². The van der Waals surface area contributed by atoms with Crippen molar-refractivity contribution in [2.75, 3.05) is 26.2 Å². The second kappa shape index (κ2) is 9.18. The fourth-order valence-electron chi connectivity index (χ4n) is 4.04. The molecule has 166 valence electrons. The molecule has 1 aliphatic heterocycles. The molecule has 0 amide bonds. The molecule has 0 atom stereocenters. The number of aromatic nitrogens is 5. The van der Waals surface area contributed by atoms with Crippen LogP contribution in [-0.2, 0) is 12.8 Å². The van der Waals surface area contributed by atoms with Gasteiger partial charge in [-0.05, 0) is 37.4 Å². The fraction of sp³-hybridized carbons (Fsp3) is 0.565. The van der Waals surface area contributed by atoms with Crippen LogP contribution in [0.1, 0.15) is 57.8 Å². The molecule has 3 aromatic heterocycles. The monoisotopic (exact) mass is 424 g/mol. The van der Waals surface area contributed by atoms with Gasteiger partial charge in [0.2, 0.25) is 5.88 Å². The van der Waals surface area contributed by atoms with Gasteiger partial charge in [0.1, 0.15) is 11.3 Å². The number of likely N-dealkylation sites (N-methyl/N-ethyl adjacent to an activating group) is 1. The number of pyridine rings is 1. The summed E-state index contributed by atoms with van der Waals surface area (Å²) in [6, 6.07) is 2.31. The van der Waals surface area contributed by atoms with Gasteiger partial charge in [-0.3, -0.25) is 14.4 Å². The van der Waals surface area contributed by atoms with Crippen LogP contribution in [-0.4, -0.2) is 55.9 Å². The van der Waals surface area contributed by atoms with Gasteiger partial charge in [-0.15, -0.1) is 0 Å². The van der Waals surface area contributed by atoms with E-state index in [1.807, 2.05) is 16.9 Å². The van der Waals surface area contributed by atoms with E-state index in [0.29, 0.717) is 35.4 Å². The molecule has 0 bridgehead atoms. The Kier molecular flexibility index (Phi) is 6.36. The minimum Gasteiger partial charge on any atom is -0.477 e. The van der Waals surface area contributed by atoms with E-state index >= 15 is 0 Å². The SMILES string of the molecule is CCCCOc1ncc(CC)cc1-c1nc2c(CC)n(C3CN(CC)C3)nc2c(=O)[nH]1. The van der Waals surface area contributed by atoms with Crippen molar-refractivity contribution in [2.24, 2.45) is 0 Å². The number of ether oxygens (including phenoxy) is 1. The lowest BCUT2D eigenvalue weighted by molar-refractivity contribution is 0.104. The van der Waals surface area contributed by atoms with Crippen LogP contribution in [0, 0.1) is 0 Å². The first-order valence-corrected chi connectivity index (χ1v) is 11.4. The predicted molar refractivity (Wildman–Crippen MR) is 122 cm³/mol. The largest absolute Gasteiger partial charge is 0.477 e. The van der Waals surface area contributed by atoms with Crippen LogP contribution in [0.3, 0.4) is 0 Å². The average molecular weight is 425 g/mol. The van der Waals surface area contributed by atoms with Crippen molar-refractivity contribution in [2.45, 2.75) is 59.4 Å². The number of likely N-dealkylation sites (tertiary alicyclic amines) is 1. The van der Waals surface area contributed by atoms with E-state index in [1.165, 1.54) is 0 Å². The topological polar surface area (TPSA) is 88.9 Å². The molecule has 1 fully saturated rings. The van der Waals surface area contributed by atoms with Gasteiger partial charge in [0.15, 0.2) is 5.52 Å². The molecular weight excluding hydrogens is 392 g/mol. The summed E-state index contributed by atoms with van der Waals surface area (Å²) in [5.41, 5.74) is 3.67. The van der Waals surface area contributed by atoms with Crippen LogP contribution >= 0.6 is 0 Å². The number of fused-ring (bicyclic) bond motifs is 1. The Labute approximate surface area is 182 Å². The quantitative estimate of drug-likeness (QED) is 0.530. The molecule has 0 unspecified atom stereocenters. The molecule has 31 heavy (non-hydrogen) atoms. The molecule has 0 saturated carbocycles. The molecule has 3 aromatic rings. The Morgan fingerprint density at radius 2 is 1.97 bits per heavy atom. The number of nitrogens with zero attached hydrogens (tertiary/aromatic N) is 5. The highest BCUT2D eigenvalue weighted by Crippen LogP contribution is 2.29. The second-order valence-corrected chi connectivity index (χ2v) is 8.11. The Morgan fingerprint density at radius 3 is 2.65 bits per heavy atom. The predicted octanol–water partition coefficient (Wildman–Crippen LogP) is 3.36. The molecule has 0 radical (unpaired) electrons. The number of hydrogen-bond acceptors (Lipinski definition) is 6. The fourth-order valence-corrected chi connectivity index (χ4v) is 4.04. The van der Waals surface area contributed by atoms with Crippen molar-refractivity contribution >= 4 is 11.0 Å². The summed E-state index contributed by atoms with van der Waals surface area (Å²) in [6.07, 6.45) is 5.42. The van der Waals surface area contributed by atoms with Crippen LogP contribution in [0.5, 0.6) is 5.88 Å². The Bertz CT molecular complexity index is 1110. The van der Waals surface area contributed by atoms with E-state index in [4.69, 9.17) is 9.72 Å². The van der Waals surface area contributed by atoms with Gasteiger partial charge in [0.25, 0.3) is 5.56 Å². The van der Waals surface area contributed by atoms with E-state index in [-0.39, 0.29) is 5.56 Å². The number of aromatic amines is 1. The van der Waals surface area contributed by atoms with Crippen LogP contribution in [0.4, 0.5) is 0 Å². The molecule has 0 aromatic carbocycles. The molecule has 0 aliphatic carbocycles. The van der Waals surface area contributed by atoms with Crippen LogP contribution in [0.2, 0.25) is 0 Å². The first kappa shape index (κ1) is 21.5. The summed E-state index contributed by atoms with van der Waals surface area (Å²) >= 11 is 0. The normalized spacial score (nSPS) is 14.8. The van der Waals surface area contributed by atoms with E-state index in [2.05, 4.69) is 47.7 Å². The third-order valence-corrected chi connectivity index (χ3v) is 6.03. The van der Waals surface area contributed by atoms with Gasteiger partial charge in [-0.25, -0.2) is 9.97 Å². The van der Waals surface area contributed by atoms with Crippen molar-refractivity contribution < 1.29 is 4.74 Å². The Balaban J connectivity index is 1.79. The van der Waals surface area contributed by atoms with Crippen LogP contribution in [0.15, 0.2) is 17.1 Å². The lowest BCUT2D eigenvalue weighted by Crippen LogP contribution is -2.48. The lowest BCUT2D eigenvalue weighted by atomic mass is 10.1. The van der Waals surface area contributed by atoms with Gasteiger partial charge in [-0.2, -0.15) is 5.10 Å². The maximum Gasteiger partial charge on any atom is 0.279 e. The van der Waals surface area contributed by atoms with Crippen molar-refractivity contribution in [3.8, 4) is 17.3 Å². The van der Waals surface area contributed by atoms with Gasteiger partial charge < -0.3 is 9.72 Å². The van der Waals surface area contributed by atoms with Gasteiger partial charge >= 0.3 is 0 Å². The summed E-state index contributed by atoms with van der Waals surface area (Å²) in [5, 5.41) is 4.66. The third-order valence-electron chi connectivity index (χ3n) is 6.03. The maximum atomic E-state index is 13.0.